The summed E-state index contributed by atoms with van der Waals surface area (Å²) in [6.07, 6.45) is -0.485. The lowest BCUT2D eigenvalue weighted by atomic mass is 10.2. The molecule has 0 aliphatic carbocycles. The van der Waals surface area contributed by atoms with E-state index in [0.717, 1.165) is 12.1 Å². The highest BCUT2D eigenvalue weighted by Crippen LogP contribution is 2.17. The van der Waals surface area contributed by atoms with Crippen LogP contribution in [0.4, 0.5) is 14.5 Å². The van der Waals surface area contributed by atoms with Gasteiger partial charge in [0.2, 0.25) is 11.8 Å². The number of halogens is 2. The fourth-order valence-electron chi connectivity index (χ4n) is 1.43. The highest BCUT2D eigenvalue weighted by molar-refractivity contribution is 6.03. The standard InChI is InChI=1S/C13H17F2N3O2/c1-18(2)7-6-16-11(19)8-12(20)17-13-9(14)4-3-5-10(13)15/h3-5H,6-8H2,1-2H3,(H,16,19)(H,17,20). The van der Waals surface area contributed by atoms with Gasteiger partial charge in [-0.15, -0.1) is 0 Å². The number of nitrogens with one attached hydrogen (secondary N) is 2. The molecule has 0 unspecified atom stereocenters. The van der Waals surface area contributed by atoms with E-state index in [2.05, 4.69) is 5.32 Å². The first kappa shape index (κ1) is 16.0. The Morgan fingerprint density at radius 3 is 2.30 bits per heavy atom. The van der Waals surface area contributed by atoms with Crippen molar-refractivity contribution in [1.29, 1.82) is 0 Å². The van der Waals surface area contributed by atoms with E-state index in [1.54, 1.807) is 0 Å². The highest BCUT2D eigenvalue weighted by atomic mass is 19.1. The molecule has 0 aliphatic rings. The van der Waals surface area contributed by atoms with E-state index in [0.29, 0.717) is 13.1 Å². The molecule has 7 heteroatoms. The molecule has 2 N–H and O–H groups in total. The fraction of sp³-hybridized carbons (Fsp3) is 0.385. The molecule has 2 amide bonds. The molecule has 0 saturated heterocycles. The molecule has 0 saturated carbocycles. The molecule has 0 bridgehead atoms. The number of rotatable bonds is 6. The van der Waals surface area contributed by atoms with E-state index in [4.69, 9.17) is 0 Å². The van der Waals surface area contributed by atoms with Gasteiger partial charge in [-0.25, -0.2) is 8.78 Å². The summed E-state index contributed by atoms with van der Waals surface area (Å²) in [6.45, 7) is 1.03. The highest BCUT2D eigenvalue weighted by Gasteiger charge is 2.14. The Morgan fingerprint density at radius 2 is 1.75 bits per heavy atom. The lowest BCUT2D eigenvalue weighted by molar-refractivity contribution is -0.126. The van der Waals surface area contributed by atoms with Gasteiger partial charge in [-0.05, 0) is 26.2 Å². The van der Waals surface area contributed by atoms with Crippen molar-refractivity contribution in [2.45, 2.75) is 6.42 Å². The van der Waals surface area contributed by atoms with Crippen molar-refractivity contribution in [2.24, 2.45) is 0 Å². The minimum absolute atomic E-state index is 0.396. The molecule has 0 spiro atoms. The van der Waals surface area contributed by atoms with Gasteiger partial charge in [0.05, 0.1) is 0 Å². The SMILES string of the molecule is CN(C)CCNC(=O)CC(=O)Nc1c(F)cccc1F. The van der Waals surface area contributed by atoms with E-state index in [1.807, 2.05) is 24.3 Å². The zero-order valence-corrected chi connectivity index (χ0v) is 11.4. The summed E-state index contributed by atoms with van der Waals surface area (Å²) in [5.74, 6) is -3.03. The maximum absolute atomic E-state index is 13.3. The molecule has 1 rings (SSSR count). The van der Waals surface area contributed by atoms with Gasteiger partial charge in [0.1, 0.15) is 23.7 Å². The van der Waals surface area contributed by atoms with E-state index < -0.39 is 35.6 Å². The Labute approximate surface area is 115 Å². The van der Waals surface area contributed by atoms with E-state index in [-0.39, 0.29) is 0 Å². The first-order valence-corrected chi connectivity index (χ1v) is 6.05. The second-order valence-corrected chi connectivity index (χ2v) is 4.47. The van der Waals surface area contributed by atoms with E-state index in [9.17, 15) is 18.4 Å². The van der Waals surface area contributed by atoms with Crippen LogP contribution in [0.15, 0.2) is 18.2 Å². The zero-order valence-electron chi connectivity index (χ0n) is 11.4. The first-order chi connectivity index (χ1) is 9.40. The number of carbonyl (C=O) groups excluding carboxylic acids is 2. The summed E-state index contributed by atoms with van der Waals surface area (Å²) in [5, 5.41) is 4.58. The lowest BCUT2D eigenvalue weighted by Gasteiger charge is -2.10. The number of carbonyl (C=O) groups is 2. The smallest absolute Gasteiger partial charge is 0.233 e. The molecule has 5 nitrogen and oxygen atoms in total. The molecule has 0 aromatic heterocycles. The number of hydrogen-bond acceptors (Lipinski definition) is 3. The quantitative estimate of drug-likeness (QED) is 0.766. The van der Waals surface area contributed by atoms with Crippen molar-refractivity contribution in [3.63, 3.8) is 0 Å². The third kappa shape index (κ3) is 5.31. The maximum Gasteiger partial charge on any atom is 0.233 e. The molecular formula is C13H17F2N3O2. The Morgan fingerprint density at radius 1 is 1.15 bits per heavy atom. The molecule has 1 aromatic carbocycles. The van der Waals surface area contributed by atoms with Gasteiger partial charge < -0.3 is 15.5 Å². The number of benzene rings is 1. The van der Waals surface area contributed by atoms with Crippen LogP contribution in [0.3, 0.4) is 0 Å². The van der Waals surface area contributed by atoms with Gasteiger partial charge in [0.25, 0.3) is 0 Å². The van der Waals surface area contributed by atoms with Crippen molar-refractivity contribution in [2.75, 3.05) is 32.5 Å². The topological polar surface area (TPSA) is 61.4 Å². The minimum atomic E-state index is -0.883. The summed E-state index contributed by atoms with van der Waals surface area (Å²) in [5.41, 5.74) is -0.543. The maximum atomic E-state index is 13.3. The van der Waals surface area contributed by atoms with Crippen LogP contribution in [0, 0.1) is 11.6 Å². The van der Waals surface area contributed by atoms with Crippen LogP contribution in [-0.2, 0) is 9.59 Å². The molecule has 0 fully saturated rings. The van der Waals surface area contributed by atoms with Crippen LogP contribution >= 0.6 is 0 Å². The van der Waals surface area contributed by atoms with Gasteiger partial charge in [0.15, 0.2) is 0 Å². The lowest BCUT2D eigenvalue weighted by Crippen LogP contribution is -2.33. The van der Waals surface area contributed by atoms with Crippen molar-refractivity contribution in [3.05, 3.63) is 29.8 Å². The Hall–Kier alpha value is -2.02. The van der Waals surface area contributed by atoms with Gasteiger partial charge in [-0.3, -0.25) is 9.59 Å². The van der Waals surface area contributed by atoms with Crippen molar-refractivity contribution < 1.29 is 18.4 Å². The van der Waals surface area contributed by atoms with Gasteiger partial charge in [-0.1, -0.05) is 6.07 Å². The van der Waals surface area contributed by atoms with Crippen LogP contribution in [-0.4, -0.2) is 43.9 Å². The minimum Gasteiger partial charge on any atom is -0.354 e. The first-order valence-electron chi connectivity index (χ1n) is 6.05. The fourth-order valence-corrected chi connectivity index (χ4v) is 1.43. The average Bonchev–Trinajstić information content (AvgIpc) is 2.33. The number of para-hydroxylation sites is 1. The molecule has 0 aliphatic heterocycles. The molecular weight excluding hydrogens is 268 g/mol. The number of amides is 2. The second-order valence-electron chi connectivity index (χ2n) is 4.47. The van der Waals surface area contributed by atoms with Crippen LogP contribution < -0.4 is 10.6 Å². The van der Waals surface area contributed by atoms with Crippen LogP contribution in [0.5, 0.6) is 0 Å². The normalized spacial score (nSPS) is 10.4. The third-order valence-electron chi connectivity index (χ3n) is 2.43. The van der Waals surface area contributed by atoms with E-state index >= 15 is 0 Å². The molecule has 0 heterocycles. The van der Waals surface area contributed by atoms with Crippen molar-refractivity contribution in [3.8, 4) is 0 Å². The van der Waals surface area contributed by atoms with Crippen LogP contribution in [0.1, 0.15) is 6.42 Å². The summed E-state index contributed by atoms with van der Waals surface area (Å²) in [7, 11) is 3.69. The van der Waals surface area contributed by atoms with Crippen molar-refractivity contribution >= 4 is 17.5 Å². The molecule has 20 heavy (non-hydrogen) atoms. The summed E-state index contributed by atoms with van der Waals surface area (Å²) in [6, 6.07) is 3.24. The van der Waals surface area contributed by atoms with Crippen LogP contribution in [0.25, 0.3) is 0 Å². The Bertz CT molecular complexity index is 472. The summed E-state index contributed by atoms with van der Waals surface area (Å²) >= 11 is 0. The number of nitrogens with zero attached hydrogens (tertiary/aromatic N) is 1. The molecule has 1 aromatic rings. The monoisotopic (exact) mass is 285 g/mol. The molecule has 110 valence electrons. The van der Waals surface area contributed by atoms with Crippen molar-refractivity contribution in [1.82, 2.24) is 10.2 Å². The Balaban J connectivity index is 2.45. The van der Waals surface area contributed by atoms with Gasteiger partial charge >= 0.3 is 0 Å². The molecule has 0 radical (unpaired) electrons. The number of likely N-dealkylation sites (N-methyl/N-ethyl adjacent to an activating group) is 1. The predicted octanol–water partition coefficient (Wildman–Crippen LogP) is 0.971. The third-order valence-corrected chi connectivity index (χ3v) is 2.43. The zero-order chi connectivity index (χ0) is 15.1. The van der Waals surface area contributed by atoms with Crippen LogP contribution in [0.2, 0.25) is 0 Å². The van der Waals surface area contributed by atoms with E-state index in [1.165, 1.54) is 6.07 Å². The van der Waals surface area contributed by atoms with Gasteiger partial charge in [-0.2, -0.15) is 0 Å². The van der Waals surface area contributed by atoms with Gasteiger partial charge in [0, 0.05) is 13.1 Å². The largest absolute Gasteiger partial charge is 0.354 e. The molecule has 0 atom stereocenters. The predicted molar refractivity (Wildman–Crippen MR) is 71.2 cm³/mol. The number of hydrogen-bond donors (Lipinski definition) is 2. The summed E-state index contributed by atoms with van der Waals surface area (Å²) < 4.78 is 26.6. The number of anilines is 1. The Kier molecular flexibility index (Phi) is 6.05. The second kappa shape index (κ2) is 7.54. The summed E-state index contributed by atoms with van der Waals surface area (Å²) in [4.78, 5) is 24.8. The average molecular weight is 285 g/mol.